The van der Waals surface area contributed by atoms with E-state index in [-0.39, 0.29) is 5.82 Å². The summed E-state index contributed by atoms with van der Waals surface area (Å²) in [6.45, 7) is 1.70. The highest BCUT2D eigenvalue weighted by Gasteiger charge is 2.10. The number of nitrogens with zero attached hydrogens (tertiary/aromatic N) is 2. The minimum absolute atomic E-state index is 0.315. The fourth-order valence-corrected chi connectivity index (χ4v) is 1.40. The molecule has 2 heterocycles. The van der Waals surface area contributed by atoms with Gasteiger partial charge in [-0.1, -0.05) is 0 Å². The summed E-state index contributed by atoms with van der Waals surface area (Å²) in [4.78, 5) is 11.0. The molecule has 0 fully saturated rings. The molecule has 2 N–H and O–H groups in total. The minimum atomic E-state index is -0.556. The van der Waals surface area contributed by atoms with Crippen LogP contribution in [0, 0.1) is 12.7 Å². The highest BCUT2D eigenvalue weighted by molar-refractivity contribution is 5.95. The van der Waals surface area contributed by atoms with Crippen LogP contribution in [0.2, 0.25) is 0 Å². The predicted molar refractivity (Wildman–Crippen MR) is 48.4 cm³/mol. The van der Waals surface area contributed by atoms with Crippen molar-refractivity contribution in [2.45, 2.75) is 6.92 Å². The smallest absolute Gasteiger partial charge is 0.250 e. The number of primary amides is 1. The van der Waals surface area contributed by atoms with Gasteiger partial charge in [0, 0.05) is 6.07 Å². The van der Waals surface area contributed by atoms with Crippen LogP contribution in [0.1, 0.15) is 15.9 Å². The fraction of sp³-hybridized carbons (Fsp3) is 0.111. The molecule has 72 valence electrons. The lowest BCUT2D eigenvalue weighted by atomic mass is 10.1. The van der Waals surface area contributed by atoms with E-state index in [0.29, 0.717) is 16.6 Å². The van der Waals surface area contributed by atoms with Gasteiger partial charge in [0.05, 0.1) is 23.5 Å². The van der Waals surface area contributed by atoms with Gasteiger partial charge in [0.1, 0.15) is 5.82 Å². The van der Waals surface area contributed by atoms with E-state index >= 15 is 0 Å². The lowest BCUT2D eigenvalue weighted by Gasteiger charge is -2.02. The second kappa shape index (κ2) is 2.80. The number of nitrogens with two attached hydrogens (primary N) is 1. The minimum Gasteiger partial charge on any atom is -0.366 e. The highest BCUT2D eigenvalue weighted by Crippen LogP contribution is 2.15. The van der Waals surface area contributed by atoms with Crippen molar-refractivity contribution in [3.05, 3.63) is 35.4 Å². The second-order valence-electron chi connectivity index (χ2n) is 3.04. The van der Waals surface area contributed by atoms with E-state index in [1.807, 2.05) is 0 Å². The van der Waals surface area contributed by atoms with Crippen LogP contribution < -0.4 is 5.73 Å². The van der Waals surface area contributed by atoms with Crippen LogP contribution >= 0.6 is 0 Å². The summed E-state index contributed by atoms with van der Waals surface area (Å²) in [6.07, 6.45) is 2.58. The molecule has 2 rings (SSSR count). The Kier molecular flexibility index (Phi) is 1.73. The molecule has 0 saturated carbocycles. The molecule has 5 heteroatoms. The maximum Gasteiger partial charge on any atom is 0.250 e. The Morgan fingerprint density at radius 3 is 3.00 bits per heavy atom. The third-order valence-electron chi connectivity index (χ3n) is 2.13. The molecule has 0 atom stereocenters. The zero-order chi connectivity index (χ0) is 10.3. The number of hydrogen-bond donors (Lipinski definition) is 1. The summed E-state index contributed by atoms with van der Waals surface area (Å²) >= 11 is 0. The average molecular weight is 193 g/mol. The molecule has 2 aromatic rings. The summed E-state index contributed by atoms with van der Waals surface area (Å²) in [7, 11) is 0. The van der Waals surface area contributed by atoms with Crippen LogP contribution in [0.5, 0.6) is 0 Å². The lowest BCUT2D eigenvalue weighted by molar-refractivity contribution is 0.0999. The van der Waals surface area contributed by atoms with Crippen molar-refractivity contribution in [3.8, 4) is 0 Å². The maximum atomic E-state index is 12.9. The first-order valence-electron chi connectivity index (χ1n) is 4.03. The molecule has 0 aliphatic carbocycles. The Morgan fingerprint density at radius 1 is 1.64 bits per heavy atom. The number of hydrogen-bond acceptors (Lipinski definition) is 2. The Morgan fingerprint density at radius 2 is 2.36 bits per heavy atom. The van der Waals surface area contributed by atoms with Gasteiger partial charge in [-0.2, -0.15) is 5.10 Å². The molecule has 0 radical (unpaired) electrons. The summed E-state index contributed by atoms with van der Waals surface area (Å²) < 4.78 is 14.2. The van der Waals surface area contributed by atoms with E-state index < -0.39 is 5.91 Å². The van der Waals surface area contributed by atoms with Crippen molar-refractivity contribution >= 4 is 11.4 Å². The largest absolute Gasteiger partial charge is 0.366 e. The number of carbonyl (C=O) groups is 1. The van der Waals surface area contributed by atoms with Crippen molar-refractivity contribution in [2.75, 3.05) is 0 Å². The molecule has 0 unspecified atom stereocenters. The Labute approximate surface area is 79.1 Å². The van der Waals surface area contributed by atoms with E-state index in [4.69, 9.17) is 5.73 Å². The van der Waals surface area contributed by atoms with Gasteiger partial charge in [0.2, 0.25) is 0 Å². The molecule has 0 aliphatic rings. The summed E-state index contributed by atoms with van der Waals surface area (Å²) in [5.41, 5.74) is 6.64. The van der Waals surface area contributed by atoms with Crippen LogP contribution in [-0.2, 0) is 0 Å². The van der Waals surface area contributed by atoms with Gasteiger partial charge in [-0.3, -0.25) is 4.79 Å². The summed E-state index contributed by atoms with van der Waals surface area (Å²) in [5.74, 6) is -0.943. The first-order chi connectivity index (χ1) is 6.59. The monoisotopic (exact) mass is 193 g/mol. The molecule has 0 bridgehead atoms. The molecular weight excluding hydrogens is 185 g/mol. The number of aryl methyl sites for hydroxylation is 1. The quantitative estimate of drug-likeness (QED) is 0.730. The van der Waals surface area contributed by atoms with Gasteiger partial charge < -0.3 is 5.73 Å². The number of halogens is 1. The topological polar surface area (TPSA) is 60.4 Å². The summed E-state index contributed by atoms with van der Waals surface area (Å²) in [5, 5.41) is 3.86. The van der Waals surface area contributed by atoms with Crippen LogP contribution in [0.3, 0.4) is 0 Å². The predicted octanol–water partition coefficient (Wildman–Crippen LogP) is 0.881. The molecule has 2 aromatic heterocycles. The van der Waals surface area contributed by atoms with Gasteiger partial charge in [0.15, 0.2) is 0 Å². The van der Waals surface area contributed by atoms with E-state index in [9.17, 15) is 9.18 Å². The second-order valence-corrected chi connectivity index (χ2v) is 3.04. The third kappa shape index (κ3) is 1.14. The number of rotatable bonds is 1. The van der Waals surface area contributed by atoms with Crippen LogP contribution in [0.4, 0.5) is 4.39 Å². The number of aromatic nitrogens is 2. The van der Waals surface area contributed by atoms with E-state index in [1.165, 1.54) is 23.0 Å². The van der Waals surface area contributed by atoms with Crippen molar-refractivity contribution in [2.24, 2.45) is 5.73 Å². The first kappa shape index (κ1) is 8.68. The molecule has 0 aliphatic heterocycles. The van der Waals surface area contributed by atoms with E-state index in [2.05, 4.69) is 5.10 Å². The van der Waals surface area contributed by atoms with Gasteiger partial charge in [-0.25, -0.2) is 8.91 Å². The van der Waals surface area contributed by atoms with Crippen LogP contribution in [-0.4, -0.2) is 15.5 Å². The normalized spacial score (nSPS) is 10.7. The van der Waals surface area contributed by atoms with Crippen molar-refractivity contribution in [3.63, 3.8) is 0 Å². The molecule has 4 nitrogen and oxygen atoms in total. The molecule has 0 spiro atoms. The Bertz CT molecular complexity index is 518. The van der Waals surface area contributed by atoms with Crippen molar-refractivity contribution in [1.82, 2.24) is 9.61 Å². The van der Waals surface area contributed by atoms with Gasteiger partial charge >= 0.3 is 0 Å². The van der Waals surface area contributed by atoms with Crippen LogP contribution in [0.25, 0.3) is 5.52 Å². The maximum absolute atomic E-state index is 12.9. The standard InChI is InChI=1S/C9H8FN3O/c1-5-7(9(11)14)3-12-13-4-6(10)2-8(5)13/h2-4H,1H3,(H2,11,14). The highest BCUT2D eigenvalue weighted by atomic mass is 19.1. The number of carbonyl (C=O) groups excluding carboxylic acids is 1. The molecular formula is C9H8FN3O. The molecule has 1 amide bonds. The van der Waals surface area contributed by atoms with Gasteiger partial charge in [-0.05, 0) is 12.5 Å². The first-order valence-corrected chi connectivity index (χ1v) is 4.03. The SMILES string of the molecule is Cc1c(C(N)=O)cnn2cc(F)cc12. The van der Waals surface area contributed by atoms with Crippen molar-refractivity contribution in [1.29, 1.82) is 0 Å². The summed E-state index contributed by atoms with van der Waals surface area (Å²) in [6, 6.07) is 1.31. The molecule has 0 aromatic carbocycles. The average Bonchev–Trinajstić information content (AvgIpc) is 2.46. The van der Waals surface area contributed by atoms with Gasteiger partial charge in [0.25, 0.3) is 5.91 Å². The Balaban J connectivity index is 2.80. The van der Waals surface area contributed by atoms with Crippen LogP contribution in [0.15, 0.2) is 18.5 Å². The molecule has 14 heavy (non-hydrogen) atoms. The Hall–Kier alpha value is -1.91. The van der Waals surface area contributed by atoms with Crippen molar-refractivity contribution < 1.29 is 9.18 Å². The fourth-order valence-electron chi connectivity index (χ4n) is 1.40. The van der Waals surface area contributed by atoms with Gasteiger partial charge in [-0.15, -0.1) is 0 Å². The third-order valence-corrected chi connectivity index (χ3v) is 2.13. The van der Waals surface area contributed by atoms with E-state index in [1.54, 1.807) is 6.92 Å². The zero-order valence-corrected chi connectivity index (χ0v) is 7.49. The zero-order valence-electron chi connectivity index (χ0n) is 7.49. The number of amides is 1. The molecule has 0 saturated heterocycles. The lowest BCUT2D eigenvalue weighted by Crippen LogP contribution is -2.14. The van der Waals surface area contributed by atoms with E-state index in [0.717, 1.165) is 0 Å². The number of fused-ring (bicyclic) bond motifs is 1.